The molecule has 0 N–H and O–H groups in total. The van der Waals surface area contributed by atoms with Gasteiger partial charge in [-0.2, -0.15) is 0 Å². The van der Waals surface area contributed by atoms with Crippen LogP contribution in [0.15, 0.2) is 10.6 Å². The number of hydrogen-bond acceptors (Lipinski definition) is 7. The Labute approximate surface area is 157 Å². The smallest absolute Gasteiger partial charge is 0.344 e. The SMILES string of the molecule is Cc1noc(C)c1C(=O)OCC(=O)c1cc(C)n([C@H]2CCS(=O)(=O)C2)c1C. The summed E-state index contributed by atoms with van der Waals surface area (Å²) < 4.78 is 35.5. The Morgan fingerprint density at radius 3 is 2.56 bits per heavy atom. The van der Waals surface area contributed by atoms with Gasteiger partial charge in [-0.25, -0.2) is 13.2 Å². The number of nitrogens with zero attached hydrogens (tertiary/aromatic N) is 2. The minimum Gasteiger partial charge on any atom is -0.454 e. The van der Waals surface area contributed by atoms with Gasteiger partial charge < -0.3 is 13.8 Å². The largest absolute Gasteiger partial charge is 0.454 e. The number of sulfone groups is 1. The third kappa shape index (κ3) is 3.69. The van der Waals surface area contributed by atoms with Crippen molar-refractivity contribution in [1.29, 1.82) is 0 Å². The predicted molar refractivity (Wildman–Crippen MR) is 96.8 cm³/mol. The van der Waals surface area contributed by atoms with Gasteiger partial charge >= 0.3 is 5.97 Å². The van der Waals surface area contributed by atoms with Crippen LogP contribution >= 0.6 is 0 Å². The Bertz CT molecular complexity index is 996. The molecule has 0 aliphatic carbocycles. The summed E-state index contributed by atoms with van der Waals surface area (Å²) >= 11 is 0. The molecule has 0 amide bonds. The lowest BCUT2D eigenvalue weighted by Gasteiger charge is -2.16. The third-order valence-electron chi connectivity index (χ3n) is 4.93. The molecule has 1 fully saturated rings. The van der Waals surface area contributed by atoms with Crippen molar-refractivity contribution in [3.63, 3.8) is 0 Å². The Morgan fingerprint density at radius 2 is 2.00 bits per heavy atom. The summed E-state index contributed by atoms with van der Waals surface area (Å²) in [5.41, 5.74) is 2.57. The molecule has 27 heavy (non-hydrogen) atoms. The summed E-state index contributed by atoms with van der Waals surface area (Å²) in [4.78, 5) is 24.7. The molecule has 1 atom stereocenters. The molecule has 0 spiro atoms. The minimum atomic E-state index is -3.03. The van der Waals surface area contributed by atoms with E-state index in [9.17, 15) is 18.0 Å². The van der Waals surface area contributed by atoms with Crippen molar-refractivity contribution < 1.29 is 27.3 Å². The van der Waals surface area contributed by atoms with Gasteiger partial charge in [0.15, 0.2) is 16.4 Å². The van der Waals surface area contributed by atoms with Gasteiger partial charge in [0.25, 0.3) is 0 Å². The molecule has 1 saturated heterocycles. The van der Waals surface area contributed by atoms with Crippen molar-refractivity contribution in [2.24, 2.45) is 0 Å². The molecule has 0 bridgehead atoms. The topological polar surface area (TPSA) is 108 Å². The molecule has 8 nitrogen and oxygen atoms in total. The summed E-state index contributed by atoms with van der Waals surface area (Å²) in [6.45, 7) is 6.43. The number of esters is 1. The fourth-order valence-electron chi connectivity index (χ4n) is 3.66. The molecular formula is C18H22N2O6S. The number of hydrogen-bond donors (Lipinski definition) is 0. The number of rotatable bonds is 5. The molecule has 3 heterocycles. The number of carbonyl (C=O) groups is 2. The maximum atomic E-state index is 12.6. The van der Waals surface area contributed by atoms with Crippen molar-refractivity contribution in [2.45, 2.75) is 40.2 Å². The van der Waals surface area contributed by atoms with Gasteiger partial charge in [-0.1, -0.05) is 5.16 Å². The Kier molecular flexibility index (Phi) is 4.98. The van der Waals surface area contributed by atoms with Crippen LogP contribution in [-0.4, -0.2) is 48.0 Å². The first kappa shape index (κ1) is 19.3. The lowest BCUT2D eigenvalue weighted by molar-refractivity contribution is 0.0472. The van der Waals surface area contributed by atoms with E-state index in [1.807, 2.05) is 11.5 Å². The monoisotopic (exact) mass is 394 g/mol. The molecule has 2 aromatic rings. The van der Waals surface area contributed by atoms with Crippen molar-refractivity contribution in [2.75, 3.05) is 18.1 Å². The summed E-state index contributed by atoms with van der Waals surface area (Å²) in [5, 5.41) is 3.69. The van der Waals surface area contributed by atoms with Crippen LogP contribution in [-0.2, 0) is 14.6 Å². The highest BCUT2D eigenvalue weighted by atomic mass is 32.2. The van der Waals surface area contributed by atoms with Crippen LogP contribution in [0.25, 0.3) is 0 Å². The van der Waals surface area contributed by atoms with Crippen molar-refractivity contribution in [1.82, 2.24) is 9.72 Å². The van der Waals surface area contributed by atoms with E-state index in [4.69, 9.17) is 9.26 Å². The predicted octanol–water partition coefficient (Wildman–Crippen LogP) is 2.11. The minimum absolute atomic E-state index is 0.0814. The molecule has 9 heteroatoms. The number of Topliss-reactive ketones (excluding diaryl/α,β-unsaturated/α-hetero) is 1. The number of carbonyl (C=O) groups excluding carboxylic acids is 2. The van der Waals surface area contributed by atoms with Crippen LogP contribution < -0.4 is 0 Å². The second kappa shape index (κ2) is 6.95. The second-order valence-corrected chi connectivity index (χ2v) is 9.14. The fourth-order valence-corrected chi connectivity index (χ4v) is 5.36. The van der Waals surface area contributed by atoms with E-state index < -0.39 is 22.4 Å². The highest BCUT2D eigenvalue weighted by Gasteiger charge is 2.32. The van der Waals surface area contributed by atoms with E-state index in [1.54, 1.807) is 26.8 Å². The molecule has 3 rings (SSSR count). The van der Waals surface area contributed by atoms with E-state index in [-0.39, 0.29) is 28.9 Å². The third-order valence-corrected chi connectivity index (χ3v) is 6.68. The van der Waals surface area contributed by atoms with Crippen LogP contribution in [0.1, 0.15) is 56.0 Å². The zero-order valence-corrected chi connectivity index (χ0v) is 16.6. The van der Waals surface area contributed by atoms with E-state index >= 15 is 0 Å². The van der Waals surface area contributed by atoms with E-state index in [1.165, 1.54) is 0 Å². The summed E-state index contributed by atoms with van der Waals surface area (Å²) in [6, 6.07) is 1.55. The molecule has 1 aliphatic rings. The molecule has 0 unspecified atom stereocenters. The van der Waals surface area contributed by atoms with Crippen LogP contribution in [0.4, 0.5) is 0 Å². The Morgan fingerprint density at radius 1 is 1.30 bits per heavy atom. The Hall–Kier alpha value is -2.42. The van der Waals surface area contributed by atoms with Crippen LogP contribution in [0.3, 0.4) is 0 Å². The lowest BCUT2D eigenvalue weighted by Crippen LogP contribution is -2.17. The number of aryl methyl sites for hydroxylation is 3. The summed E-state index contributed by atoms with van der Waals surface area (Å²) in [6.07, 6.45) is 0.535. The van der Waals surface area contributed by atoms with Gasteiger partial charge in [-0.3, -0.25) is 4.79 Å². The average molecular weight is 394 g/mol. The van der Waals surface area contributed by atoms with Gasteiger partial charge in [0.1, 0.15) is 11.3 Å². The highest BCUT2D eigenvalue weighted by molar-refractivity contribution is 7.91. The standard InChI is InChI=1S/C18H22N2O6S/c1-10-7-15(12(3)20(10)14-5-6-27(23,24)9-14)16(21)8-25-18(22)17-11(2)19-26-13(17)4/h7,14H,5-6,8-9H2,1-4H3/t14-/m0/s1. The van der Waals surface area contributed by atoms with Crippen molar-refractivity contribution in [3.8, 4) is 0 Å². The highest BCUT2D eigenvalue weighted by Crippen LogP contribution is 2.29. The zero-order chi connectivity index (χ0) is 19.9. The van der Waals surface area contributed by atoms with Crippen LogP contribution in [0, 0.1) is 27.7 Å². The molecule has 0 aromatic carbocycles. The molecule has 0 saturated carbocycles. The van der Waals surface area contributed by atoms with E-state index in [0.717, 1.165) is 5.69 Å². The molecule has 0 radical (unpaired) electrons. The number of aromatic nitrogens is 2. The van der Waals surface area contributed by atoms with E-state index in [0.29, 0.717) is 29.1 Å². The molecule has 2 aromatic heterocycles. The van der Waals surface area contributed by atoms with Gasteiger partial charge in [0, 0.05) is 23.0 Å². The maximum Gasteiger partial charge on any atom is 0.344 e. The normalized spacial score (nSPS) is 18.6. The average Bonchev–Trinajstić information content (AvgIpc) is 3.20. The van der Waals surface area contributed by atoms with Gasteiger partial charge in [-0.15, -0.1) is 0 Å². The first-order valence-electron chi connectivity index (χ1n) is 8.62. The second-order valence-electron chi connectivity index (χ2n) is 6.91. The Balaban J connectivity index is 1.74. The first-order valence-corrected chi connectivity index (χ1v) is 10.4. The molecular weight excluding hydrogens is 372 g/mol. The quantitative estimate of drug-likeness (QED) is 0.564. The zero-order valence-electron chi connectivity index (χ0n) is 15.7. The first-order chi connectivity index (χ1) is 12.6. The van der Waals surface area contributed by atoms with Gasteiger partial charge in [0.2, 0.25) is 5.78 Å². The van der Waals surface area contributed by atoms with E-state index in [2.05, 4.69) is 5.16 Å². The summed E-state index contributed by atoms with van der Waals surface area (Å²) in [7, 11) is -3.03. The van der Waals surface area contributed by atoms with Gasteiger partial charge in [0.05, 0.1) is 17.2 Å². The number of ether oxygens (including phenoxy) is 1. The lowest BCUT2D eigenvalue weighted by atomic mass is 10.1. The molecule has 1 aliphatic heterocycles. The number of ketones is 1. The van der Waals surface area contributed by atoms with Gasteiger partial charge in [-0.05, 0) is 40.2 Å². The van der Waals surface area contributed by atoms with Crippen molar-refractivity contribution in [3.05, 3.63) is 40.0 Å². The van der Waals surface area contributed by atoms with Crippen molar-refractivity contribution >= 4 is 21.6 Å². The maximum absolute atomic E-state index is 12.6. The van der Waals surface area contributed by atoms with Crippen LogP contribution in [0.5, 0.6) is 0 Å². The molecule has 146 valence electrons. The summed E-state index contributed by atoms with van der Waals surface area (Å²) in [5.74, 6) is -0.415. The fraction of sp³-hybridized carbons (Fsp3) is 0.500. The van der Waals surface area contributed by atoms with Crippen LogP contribution in [0.2, 0.25) is 0 Å².